The second-order valence-corrected chi connectivity index (χ2v) is 8.02. The Morgan fingerprint density at radius 3 is 2.27 bits per heavy atom. The van der Waals surface area contributed by atoms with Gasteiger partial charge in [-0.1, -0.05) is 12.1 Å². The molecule has 6 heteroatoms. The molecule has 0 aliphatic carbocycles. The maximum absolute atomic E-state index is 12.8. The van der Waals surface area contributed by atoms with Gasteiger partial charge in [0.1, 0.15) is 29.1 Å². The van der Waals surface area contributed by atoms with Crippen molar-refractivity contribution in [2.24, 2.45) is 0 Å². The van der Waals surface area contributed by atoms with Gasteiger partial charge in [0, 0.05) is 6.07 Å². The lowest BCUT2D eigenvalue weighted by atomic mass is 10.1. The van der Waals surface area contributed by atoms with Crippen LogP contribution in [0.25, 0.3) is 11.0 Å². The predicted octanol–water partition coefficient (Wildman–Crippen LogP) is 5.80. The highest BCUT2D eigenvalue weighted by molar-refractivity contribution is 5.81. The SMILES string of the molecule is Cc1cc(C)cc(Oc2coc3cc(OC(=O)COc4ccc(C)c(C)c4)ccc3c2=O)c1. The molecule has 0 aliphatic heterocycles. The molecule has 0 amide bonds. The van der Waals surface area contributed by atoms with Gasteiger partial charge in [-0.3, -0.25) is 4.79 Å². The quantitative estimate of drug-likeness (QED) is 0.276. The van der Waals surface area contributed by atoms with Crippen LogP contribution in [0.2, 0.25) is 0 Å². The van der Waals surface area contributed by atoms with Crippen molar-refractivity contribution in [1.82, 2.24) is 0 Å². The number of benzene rings is 3. The number of fused-ring (bicyclic) bond motifs is 1. The number of carbonyl (C=O) groups is 1. The summed E-state index contributed by atoms with van der Waals surface area (Å²) in [4.78, 5) is 25.0. The fourth-order valence-corrected chi connectivity index (χ4v) is 3.45. The van der Waals surface area contributed by atoms with Crippen LogP contribution in [0.4, 0.5) is 0 Å². The van der Waals surface area contributed by atoms with Crippen molar-refractivity contribution in [1.29, 1.82) is 0 Å². The van der Waals surface area contributed by atoms with Gasteiger partial charge < -0.3 is 18.6 Å². The first-order chi connectivity index (χ1) is 15.8. The van der Waals surface area contributed by atoms with Crippen LogP contribution in [0.15, 0.2) is 70.1 Å². The molecule has 0 fully saturated rings. The molecule has 4 rings (SSSR count). The van der Waals surface area contributed by atoms with Crippen LogP contribution in [0.5, 0.6) is 23.0 Å². The Kier molecular flexibility index (Phi) is 6.18. The average Bonchev–Trinajstić information content (AvgIpc) is 2.76. The van der Waals surface area contributed by atoms with Gasteiger partial charge in [0.05, 0.1) is 5.39 Å². The van der Waals surface area contributed by atoms with Crippen LogP contribution in [-0.2, 0) is 4.79 Å². The Bertz CT molecular complexity index is 1380. The van der Waals surface area contributed by atoms with Crippen molar-refractivity contribution in [3.8, 4) is 23.0 Å². The van der Waals surface area contributed by atoms with Crippen molar-refractivity contribution in [2.45, 2.75) is 27.7 Å². The second kappa shape index (κ2) is 9.20. The van der Waals surface area contributed by atoms with Gasteiger partial charge in [0.2, 0.25) is 11.2 Å². The summed E-state index contributed by atoms with van der Waals surface area (Å²) >= 11 is 0. The van der Waals surface area contributed by atoms with Crippen LogP contribution in [-0.4, -0.2) is 12.6 Å². The van der Waals surface area contributed by atoms with E-state index in [0.717, 1.165) is 22.3 Å². The summed E-state index contributed by atoms with van der Waals surface area (Å²) in [6, 6.07) is 15.9. The molecule has 1 aromatic heterocycles. The molecule has 0 saturated carbocycles. The molecular weight excluding hydrogens is 420 g/mol. The summed E-state index contributed by atoms with van der Waals surface area (Å²) in [5.74, 6) is 0.926. The molecular formula is C27H24O6. The Balaban J connectivity index is 1.46. The van der Waals surface area contributed by atoms with Crippen molar-refractivity contribution in [3.05, 3.63) is 93.3 Å². The van der Waals surface area contributed by atoms with Crippen LogP contribution in [0.1, 0.15) is 22.3 Å². The Hall–Kier alpha value is -4.06. The maximum Gasteiger partial charge on any atom is 0.349 e. The lowest BCUT2D eigenvalue weighted by Crippen LogP contribution is -2.17. The molecule has 0 unspecified atom stereocenters. The fourth-order valence-electron chi connectivity index (χ4n) is 3.45. The minimum absolute atomic E-state index is 0.0824. The van der Waals surface area contributed by atoms with Crippen molar-refractivity contribution < 1.29 is 23.4 Å². The number of hydrogen-bond donors (Lipinski definition) is 0. The first-order valence-corrected chi connectivity index (χ1v) is 10.5. The first-order valence-electron chi connectivity index (χ1n) is 10.5. The third-order valence-electron chi connectivity index (χ3n) is 5.20. The molecule has 3 aromatic carbocycles. The highest BCUT2D eigenvalue weighted by Crippen LogP contribution is 2.25. The molecule has 6 nitrogen and oxygen atoms in total. The minimum atomic E-state index is -0.565. The maximum atomic E-state index is 12.8. The monoisotopic (exact) mass is 444 g/mol. The van der Waals surface area contributed by atoms with E-state index in [1.807, 2.05) is 58.0 Å². The lowest BCUT2D eigenvalue weighted by Gasteiger charge is -2.09. The molecule has 0 aliphatic rings. The molecule has 33 heavy (non-hydrogen) atoms. The normalized spacial score (nSPS) is 10.8. The van der Waals surface area contributed by atoms with Crippen molar-refractivity contribution >= 4 is 16.9 Å². The van der Waals surface area contributed by atoms with E-state index in [9.17, 15) is 9.59 Å². The largest absolute Gasteiger partial charge is 0.482 e. The van der Waals surface area contributed by atoms with Crippen molar-refractivity contribution in [2.75, 3.05) is 6.61 Å². The number of esters is 1. The van der Waals surface area contributed by atoms with Gasteiger partial charge >= 0.3 is 5.97 Å². The van der Waals surface area contributed by atoms with Gasteiger partial charge in [0.25, 0.3) is 0 Å². The van der Waals surface area contributed by atoms with E-state index in [4.69, 9.17) is 18.6 Å². The van der Waals surface area contributed by atoms with E-state index >= 15 is 0 Å². The van der Waals surface area contributed by atoms with E-state index in [1.54, 1.807) is 12.1 Å². The third-order valence-corrected chi connectivity index (χ3v) is 5.20. The zero-order valence-electron chi connectivity index (χ0n) is 18.9. The molecule has 0 saturated heterocycles. The number of ether oxygens (including phenoxy) is 3. The Morgan fingerprint density at radius 2 is 1.55 bits per heavy atom. The zero-order valence-corrected chi connectivity index (χ0v) is 18.9. The highest BCUT2D eigenvalue weighted by Gasteiger charge is 2.13. The molecule has 0 bridgehead atoms. The van der Waals surface area contributed by atoms with E-state index in [2.05, 4.69) is 0 Å². The number of hydrogen-bond acceptors (Lipinski definition) is 6. The minimum Gasteiger partial charge on any atom is -0.482 e. The number of carbonyl (C=O) groups excluding carboxylic acids is 1. The molecule has 1 heterocycles. The molecule has 0 spiro atoms. The summed E-state index contributed by atoms with van der Waals surface area (Å²) in [6.45, 7) is 7.65. The van der Waals surface area contributed by atoms with Crippen LogP contribution in [0.3, 0.4) is 0 Å². The van der Waals surface area contributed by atoms with E-state index in [-0.39, 0.29) is 29.1 Å². The predicted molar refractivity (Wildman–Crippen MR) is 126 cm³/mol. The van der Waals surface area contributed by atoms with Gasteiger partial charge in [0.15, 0.2) is 6.61 Å². The molecule has 0 N–H and O–H groups in total. The topological polar surface area (TPSA) is 75.0 Å². The fraction of sp³-hybridized carbons (Fsp3) is 0.185. The van der Waals surface area contributed by atoms with Crippen molar-refractivity contribution in [3.63, 3.8) is 0 Å². The molecule has 0 radical (unpaired) electrons. The molecule has 4 aromatic rings. The summed E-state index contributed by atoms with van der Waals surface area (Å²) in [6.07, 6.45) is 1.26. The third kappa shape index (κ3) is 5.23. The summed E-state index contributed by atoms with van der Waals surface area (Å²) in [5.41, 5.74) is 4.25. The summed E-state index contributed by atoms with van der Waals surface area (Å²) in [7, 11) is 0. The Morgan fingerprint density at radius 1 is 0.818 bits per heavy atom. The molecule has 0 atom stereocenters. The van der Waals surface area contributed by atoms with Gasteiger partial charge in [-0.05, 0) is 86.3 Å². The number of aryl methyl sites for hydroxylation is 4. The standard InChI is InChI=1S/C27H24O6/c1-16-9-17(2)11-22(10-16)32-25-14-31-24-13-21(7-8-23(24)27(25)29)33-26(28)15-30-20-6-5-18(3)19(4)12-20/h5-14H,15H2,1-4H3. The Labute approximate surface area is 191 Å². The van der Waals surface area contributed by atoms with E-state index in [0.29, 0.717) is 16.9 Å². The van der Waals surface area contributed by atoms with Gasteiger partial charge in [-0.2, -0.15) is 0 Å². The first kappa shape index (κ1) is 22.1. The van der Waals surface area contributed by atoms with Crippen LogP contribution >= 0.6 is 0 Å². The molecule has 168 valence electrons. The lowest BCUT2D eigenvalue weighted by molar-refractivity contribution is -0.136. The smallest absolute Gasteiger partial charge is 0.349 e. The van der Waals surface area contributed by atoms with E-state index in [1.165, 1.54) is 18.4 Å². The van der Waals surface area contributed by atoms with E-state index < -0.39 is 5.97 Å². The summed E-state index contributed by atoms with van der Waals surface area (Å²) in [5, 5.41) is 0.322. The highest BCUT2D eigenvalue weighted by atomic mass is 16.6. The van der Waals surface area contributed by atoms with Gasteiger partial charge in [-0.25, -0.2) is 4.79 Å². The van der Waals surface area contributed by atoms with Crippen LogP contribution in [0, 0.1) is 27.7 Å². The number of rotatable bonds is 6. The van der Waals surface area contributed by atoms with Gasteiger partial charge in [-0.15, -0.1) is 0 Å². The average molecular weight is 444 g/mol. The van der Waals surface area contributed by atoms with Crippen LogP contribution < -0.4 is 19.6 Å². The zero-order chi connectivity index (χ0) is 23.5. The summed E-state index contributed by atoms with van der Waals surface area (Å²) < 4.78 is 22.2. The second-order valence-electron chi connectivity index (χ2n) is 8.02.